The van der Waals surface area contributed by atoms with Crippen LogP contribution in [0.1, 0.15) is 31.2 Å². The second kappa shape index (κ2) is 3.01. The quantitative estimate of drug-likeness (QED) is 0.639. The summed E-state index contributed by atoms with van der Waals surface area (Å²) in [6, 6.07) is 0. The summed E-state index contributed by atoms with van der Waals surface area (Å²) in [6.07, 6.45) is 1.65. The average Bonchev–Trinajstić information content (AvgIpc) is 2.42. The van der Waals surface area contributed by atoms with Crippen molar-refractivity contribution in [3.05, 3.63) is 17.6 Å². The Labute approximate surface area is 82.8 Å². The molecule has 0 spiro atoms. The van der Waals surface area contributed by atoms with E-state index in [0.717, 1.165) is 5.69 Å². The molecule has 1 N–H and O–H groups in total. The molecule has 0 atom stereocenters. The Morgan fingerprint density at radius 1 is 1.50 bits per heavy atom. The predicted octanol–water partition coefficient (Wildman–Crippen LogP) is 0.241. The second-order valence-electron chi connectivity index (χ2n) is 3.51. The van der Waals surface area contributed by atoms with Crippen molar-refractivity contribution in [3.8, 4) is 0 Å². The molecule has 0 unspecified atom stereocenters. The van der Waals surface area contributed by atoms with Crippen molar-refractivity contribution in [2.75, 3.05) is 5.32 Å². The Bertz CT molecular complexity index is 428. The van der Waals surface area contributed by atoms with Gasteiger partial charge in [-0.15, -0.1) is 0 Å². The molecule has 1 radical (unpaired) electrons. The van der Waals surface area contributed by atoms with Gasteiger partial charge in [0, 0.05) is 0 Å². The van der Waals surface area contributed by atoms with E-state index in [0.29, 0.717) is 11.5 Å². The molecule has 69 valence electrons. The van der Waals surface area contributed by atoms with Gasteiger partial charge in [-0.05, 0) is 0 Å². The van der Waals surface area contributed by atoms with Crippen LogP contribution in [0, 0.1) is 0 Å². The van der Waals surface area contributed by atoms with Crippen LogP contribution in [0.25, 0.3) is 0 Å². The molecule has 0 bridgehead atoms. The van der Waals surface area contributed by atoms with Crippen LogP contribution in [0.2, 0.25) is 0 Å². The van der Waals surface area contributed by atoms with Crippen molar-refractivity contribution in [2.45, 2.75) is 19.8 Å². The van der Waals surface area contributed by atoms with Crippen molar-refractivity contribution in [2.24, 2.45) is 0 Å². The first kappa shape index (κ1) is 9.06. The predicted molar refractivity (Wildman–Crippen MR) is 54.6 cm³/mol. The standard InChI is InChI=1S/C9H9BN3O/c1-4(2)5-3-11-7-6(10)9(14)13-8(7)12-5/h3-4H,1-2H3,(H,12,13,14). The van der Waals surface area contributed by atoms with Crippen molar-refractivity contribution < 1.29 is 4.79 Å². The molecular weight excluding hydrogens is 177 g/mol. The topological polar surface area (TPSA) is 54.9 Å². The monoisotopic (exact) mass is 186 g/mol. The van der Waals surface area contributed by atoms with Crippen LogP contribution in [0.15, 0.2) is 6.20 Å². The number of carbonyl (C=O) groups is 1. The van der Waals surface area contributed by atoms with Crippen LogP contribution in [-0.4, -0.2) is 28.8 Å². The molecule has 2 rings (SSSR count). The molecule has 0 saturated heterocycles. The van der Waals surface area contributed by atoms with Gasteiger partial charge in [0.2, 0.25) is 0 Å². The van der Waals surface area contributed by atoms with Gasteiger partial charge >= 0.3 is 82.1 Å². The zero-order chi connectivity index (χ0) is 10.3. The Kier molecular flexibility index (Phi) is 1.95. The molecule has 2 heterocycles. The fourth-order valence-electron chi connectivity index (χ4n) is 1.25. The number of fused-ring (bicyclic) bond motifs is 1. The van der Waals surface area contributed by atoms with Crippen LogP contribution < -0.4 is 5.32 Å². The summed E-state index contributed by atoms with van der Waals surface area (Å²) in [5.41, 5.74) is 1.45. The molecule has 0 aliphatic carbocycles. The minimum atomic E-state index is -0.319. The number of amides is 1. The van der Waals surface area contributed by atoms with E-state index < -0.39 is 0 Å². The molecule has 1 aliphatic rings. The van der Waals surface area contributed by atoms with Crippen LogP contribution >= 0.6 is 0 Å². The Morgan fingerprint density at radius 3 is 2.86 bits per heavy atom. The number of anilines is 1. The van der Waals surface area contributed by atoms with Gasteiger partial charge in [-0.25, -0.2) is 0 Å². The summed E-state index contributed by atoms with van der Waals surface area (Å²) in [7, 11) is 5.52. The first-order chi connectivity index (χ1) is 6.59. The number of carbonyl (C=O) groups excluding carboxylic acids is 1. The summed E-state index contributed by atoms with van der Waals surface area (Å²) in [5.74, 6) is 0.436. The molecule has 0 saturated carbocycles. The molecule has 1 aromatic heterocycles. The number of hydrogen-bond donors (Lipinski definition) is 1. The Hall–Kier alpha value is -1.52. The summed E-state index contributed by atoms with van der Waals surface area (Å²) in [5, 5.41) is 2.57. The van der Waals surface area contributed by atoms with Gasteiger partial charge in [0.1, 0.15) is 0 Å². The Morgan fingerprint density at radius 2 is 2.21 bits per heavy atom. The van der Waals surface area contributed by atoms with Gasteiger partial charge in [0.15, 0.2) is 0 Å². The third-order valence-corrected chi connectivity index (χ3v) is 2.11. The van der Waals surface area contributed by atoms with Crippen molar-refractivity contribution in [3.63, 3.8) is 0 Å². The fourth-order valence-corrected chi connectivity index (χ4v) is 1.25. The molecule has 14 heavy (non-hydrogen) atoms. The van der Waals surface area contributed by atoms with E-state index in [1.807, 2.05) is 13.8 Å². The first-order valence-corrected chi connectivity index (χ1v) is 4.40. The minimum absolute atomic E-state index is 0.141. The molecule has 1 amide bonds. The van der Waals surface area contributed by atoms with Gasteiger partial charge in [-0.3, -0.25) is 0 Å². The van der Waals surface area contributed by atoms with Crippen LogP contribution in [0.3, 0.4) is 0 Å². The van der Waals surface area contributed by atoms with E-state index in [1.54, 1.807) is 6.20 Å². The molecule has 1 aromatic rings. The number of nitrogens with one attached hydrogen (secondary N) is 1. The average molecular weight is 186 g/mol. The molecule has 4 nitrogen and oxygen atoms in total. The van der Waals surface area contributed by atoms with Crippen molar-refractivity contribution in [1.29, 1.82) is 0 Å². The molecule has 1 aliphatic heterocycles. The van der Waals surface area contributed by atoms with Gasteiger partial charge in [0.25, 0.3) is 0 Å². The van der Waals surface area contributed by atoms with E-state index in [1.165, 1.54) is 0 Å². The zero-order valence-corrected chi connectivity index (χ0v) is 8.03. The number of hydrogen-bond acceptors (Lipinski definition) is 3. The van der Waals surface area contributed by atoms with Crippen LogP contribution in [0.4, 0.5) is 5.82 Å². The van der Waals surface area contributed by atoms with E-state index in [-0.39, 0.29) is 17.3 Å². The maximum atomic E-state index is 11.2. The second-order valence-corrected chi connectivity index (χ2v) is 3.51. The van der Waals surface area contributed by atoms with E-state index in [9.17, 15) is 4.79 Å². The van der Waals surface area contributed by atoms with Crippen molar-refractivity contribution in [1.82, 2.24) is 9.97 Å². The first-order valence-electron chi connectivity index (χ1n) is 4.40. The van der Waals surface area contributed by atoms with E-state index in [4.69, 9.17) is 7.49 Å². The zero-order valence-electron chi connectivity index (χ0n) is 8.03. The van der Waals surface area contributed by atoms with Gasteiger partial charge < -0.3 is 0 Å². The Balaban J connectivity index is 2.49. The van der Waals surface area contributed by atoms with E-state index >= 15 is 0 Å². The van der Waals surface area contributed by atoms with Crippen LogP contribution in [0.5, 0.6) is 0 Å². The summed E-state index contributed by atoms with van der Waals surface area (Å²) < 4.78 is 0. The van der Waals surface area contributed by atoms with Gasteiger partial charge in [-0.2, -0.15) is 0 Å². The molecular formula is C9H9BN3O. The number of aromatic nitrogens is 2. The third kappa shape index (κ3) is 1.25. The van der Waals surface area contributed by atoms with Gasteiger partial charge in [0.05, 0.1) is 0 Å². The van der Waals surface area contributed by atoms with Gasteiger partial charge in [-0.1, -0.05) is 0 Å². The molecule has 0 fully saturated rings. The number of rotatable bonds is 1. The summed E-state index contributed by atoms with van der Waals surface area (Å²) in [6.45, 7) is 4.03. The normalized spacial score (nSPS) is 14.4. The maximum absolute atomic E-state index is 11.2. The van der Waals surface area contributed by atoms with E-state index in [2.05, 4.69) is 15.3 Å². The fraction of sp³-hybridized carbons (Fsp3) is 0.333. The molecule has 5 heteroatoms. The van der Waals surface area contributed by atoms with Crippen molar-refractivity contribution >= 4 is 24.7 Å². The SMILES string of the molecule is [B]=C1C(=O)Nc2nc(C(C)C)cnc21. The number of nitrogens with zero attached hydrogens (tertiary/aromatic N) is 2. The summed E-state index contributed by atoms with van der Waals surface area (Å²) in [4.78, 5) is 19.5. The molecule has 0 aromatic carbocycles. The summed E-state index contributed by atoms with van der Waals surface area (Å²) >= 11 is 0. The third-order valence-electron chi connectivity index (χ3n) is 2.11. The van der Waals surface area contributed by atoms with Crippen LogP contribution in [-0.2, 0) is 4.79 Å².